The highest BCUT2D eigenvalue weighted by Gasteiger charge is 2.33. The molecular formula is C29H33ClFN3O4S. The summed E-state index contributed by atoms with van der Waals surface area (Å²) in [6, 6.07) is 20.3. The number of rotatable bonds is 13. The van der Waals surface area contributed by atoms with Crippen molar-refractivity contribution in [2.45, 2.75) is 38.8 Å². The molecule has 208 valence electrons. The van der Waals surface area contributed by atoms with Gasteiger partial charge in [-0.2, -0.15) is 0 Å². The quantitative estimate of drug-likeness (QED) is 0.298. The number of unbranched alkanes of at least 4 members (excludes halogenated alkanes) is 1. The standard InChI is InChI=1S/C29H33ClFN3O4S/c1-3-4-17-32-29(36)27(18-22-11-6-5-7-12-22)33(20-23-13-8-9-16-26(23)30)28(35)21-34(39(2,37)38)25-15-10-14-24(31)19-25/h5-16,19,27H,3-4,17-18,20-21H2,1-2H3,(H,32,36)/t27-/m1/s1. The third-order valence-electron chi connectivity index (χ3n) is 6.17. The van der Waals surface area contributed by atoms with Gasteiger partial charge in [-0.15, -0.1) is 0 Å². The van der Waals surface area contributed by atoms with Crippen LogP contribution >= 0.6 is 11.6 Å². The van der Waals surface area contributed by atoms with Crippen LogP contribution in [-0.2, 0) is 32.6 Å². The second-order valence-corrected chi connectivity index (χ2v) is 11.5. The maximum atomic E-state index is 14.0. The minimum absolute atomic E-state index is 0.00977. The van der Waals surface area contributed by atoms with Gasteiger partial charge in [-0.1, -0.05) is 79.5 Å². The molecule has 0 aliphatic carbocycles. The van der Waals surface area contributed by atoms with Gasteiger partial charge in [-0.25, -0.2) is 12.8 Å². The number of nitrogens with one attached hydrogen (secondary N) is 1. The smallest absolute Gasteiger partial charge is 0.244 e. The van der Waals surface area contributed by atoms with Gasteiger partial charge in [-0.3, -0.25) is 13.9 Å². The SMILES string of the molecule is CCCCNC(=O)[C@@H](Cc1ccccc1)N(Cc1ccccc1Cl)C(=O)CN(c1cccc(F)c1)S(C)(=O)=O. The maximum Gasteiger partial charge on any atom is 0.244 e. The fourth-order valence-electron chi connectivity index (χ4n) is 4.12. The zero-order chi connectivity index (χ0) is 28.4. The normalized spacial score (nSPS) is 12.0. The van der Waals surface area contributed by atoms with Gasteiger partial charge in [-0.05, 0) is 41.8 Å². The van der Waals surface area contributed by atoms with Crippen molar-refractivity contribution in [3.05, 3.63) is 101 Å². The van der Waals surface area contributed by atoms with Gasteiger partial charge in [0.05, 0.1) is 11.9 Å². The van der Waals surface area contributed by atoms with Crippen LogP contribution in [0, 0.1) is 5.82 Å². The van der Waals surface area contributed by atoms with E-state index in [1.54, 1.807) is 24.3 Å². The van der Waals surface area contributed by atoms with E-state index in [4.69, 9.17) is 11.6 Å². The van der Waals surface area contributed by atoms with E-state index in [9.17, 15) is 22.4 Å². The van der Waals surface area contributed by atoms with Crippen LogP contribution < -0.4 is 9.62 Å². The highest BCUT2D eigenvalue weighted by Crippen LogP contribution is 2.23. The number of halogens is 2. The van der Waals surface area contributed by atoms with Crippen molar-refractivity contribution in [1.82, 2.24) is 10.2 Å². The first-order chi connectivity index (χ1) is 18.6. The Balaban J connectivity index is 2.04. The Kier molecular flexibility index (Phi) is 10.9. The molecule has 1 atom stereocenters. The van der Waals surface area contributed by atoms with E-state index < -0.39 is 34.3 Å². The van der Waals surface area contributed by atoms with Crippen molar-refractivity contribution in [3.8, 4) is 0 Å². The molecule has 0 bridgehead atoms. The zero-order valence-corrected chi connectivity index (χ0v) is 23.6. The summed E-state index contributed by atoms with van der Waals surface area (Å²) in [6.07, 6.45) is 2.79. The summed E-state index contributed by atoms with van der Waals surface area (Å²) in [6.45, 7) is 1.79. The van der Waals surface area contributed by atoms with Crippen LogP contribution in [-0.4, -0.2) is 50.5 Å². The molecule has 0 aromatic heterocycles. The summed E-state index contributed by atoms with van der Waals surface area (Å²) < 4.78 is 40.3. The van der Waals surface area contributed by atoms with Crippen molar-refractivity contribution in [2.75, 3.05) is 23.7 Å². The summed E-state index contributed by atoms with van der Waals surface area (Å²) in [7, 11) is -3.97. The first-order valence-electron chi connectivity index (χ1n) is 12.7. The average molecular weight is 574 g/mol. The van der Waals surface area contributed by atoms with Crippen molar-refractivity contribution < 1.29 is 22.4 Å². The Morgan fingerprint density at radius 3 is 2.33 bits per heavy atom. The van der Waals surface area contributed by atoms with Crippen LogP contribution in [0.25, 0.3) is 0 Å². The molecule has 3 rings (SSSR count). The fourth-order valence-corrected chi connectivity index (χ4v) is 5.15. The van der Waals surface area contributed by atoms with Gasteiger partial charge in [0.15, 0.2) is 0 Å². The van der Waals surface area contributed by atoms with Gasteiger partial charge in [0, 0.05) is 24.5 Å². The predicted molar refractivity (Wildman–Crippen MR) is 152 cm³/mol. The number of nitrogens with zero attached hydrogens (tertiary/aromatic N) is 2. The van der Waals surface area contributed by atoms with Gasteiger partial charge < -0.3 is 10.2 Å². The Hall–Kier alpha value is -3.43. The van der Waals surface area contributed by atoms with Crippen molar-refractivity contribution in [2.24, 2.45) is 0 Å². The Bertz CT molecular complexity index is 1370. The predicted octanol–water partition coefficient (Wildman–Crippen LogP) is 4.80. The molecule has 1 N–H and O–H groups in total. The van der Waals surface area contributed by atoms with E-state index >= 15 is 0 Å². The first-order valence-corrected chi connectivity index (χ1v) is 14.9. The highest BCUT2D eigenvalue weighted by atomic mass is 35.5. The van der Waals surface area contributed by atoms with Gasteiger partial charge >= 0.3 is 0 Å². The van der Waals surface area contributed by atoms with E-state index in [2.05, 4.69) is 5.32 Å². The van der Waals surface area contributed by atoms with Crippen molar-refractivity contribution in [3.63, 3.8) is 0 Å². The number of carbonyl (C=O) groups is 2. The third kappa shape index (κ3) is 8.80. The molecule has 0 radical (unpaired) electrons. The lowest BCUT2D eigenvalue weighted by Crippen LogP contribution is -2.53. The molecule has 2 amide bonds. The number of benzene rings is 3. The molecule has 0 fully saturated rings. The molecule has 3 aromatic carbocycles. The maximum absolute atomic E-state index is 14.0. The lowest BCUT2D eigenvalue weighted by Gasteiger charge is -2.33. The molecular weight excluding hydrogens is 541 g/mol. The molecule has 7 nitrogen and oxygen atoms in total. The van der Waals surface area contributed by atoms with Crippen molar-refractivity contribution >= 4 is 39.1 Å². The topological polar surface area (TPSA) is 86.8 Å². The second kappa shape index (κ2) is 14.1. The minimum Gasteiger partial charge on any atom is -0.354 e. The molecule has 0 heterocycles. The zero-order valence-electron chi connectivity index (χ0n) is 22.0. The second-order valence-electron chi connectivity index (χ2n) is 9.21. The largest absolute Gasteiger partial charge is 0.354 e. The Morgan fingerprint density at radius 2 is 1.69 bits per heavy atom. The summed E-state index contributed by atoms with van der Waals surface area (Å²) >= 11 is 6.43. The molecule has 0 aliphatic rings. The highest BCUT2D eigenvalue weighted by molar-refractivity contribution is 7.92. The monoisotopic (exact) mass is 573 g/mol. The Labute approximate surface area is 234 Å². The number of hydrogen-bond acceptors (Lipinski definition) is 4. The van der Waals surface area contributed by atoms with Crippen LogP contribution in [0.5, 0.6) is 0 Å². The number of amides is 2. The molecule has 0 saturated heterocycles. The Morgan fingerprint density at radius 1 is 1.00 bits per heavy atom. The van der Waals surface area contributed by atoms with Gasteiger partial charge in [0.1, 0.15) is 18.4 Å². The van der Waals surface area contributed by atoms with E-state index in [0.29, 0.717) is 17.1 Å². The molecule has 3 aromatic rings. The summed E-state index contributed by atoms with van der Waals surface area (Å²) in [4.78, 5) is 28.8. The van der Waals surface area contributed by atoms with Crippen LogP contribution in [0.2, 0.25) is 5.02 Å². The summed E-state index contributed by atoms with van der Waals surface area (Å²) in [5.41, 5.74) is 1.44. The average Bonchev–Trinajstić information content (AvgIpc) is 2.90. The van der Waals surface area contributed by atoms with Crippen LogP contribution in [0.15, 0.2) is 78.9 Å². The molecule has 10 heteroatoms. The van der Waals surface area contributed by atoms with E-state index in [-0.39, 0.29) is 24.6 Å². The molecule has 0 spiro atoms. The lowest BCUT2D eigenvalue weighted by atomic mass is 10.0. The van der Waals surface area contributed by atoms with E-state index in [1.165, 1.54) is 23.1 Å². The first kappa shape index (κ1) is 30.1. The number of carbonyl (C=O) groups excluding carboxylic acids is 2. The van der Waals surface area contributed by atoms with Gasteiger partial charge in [0.25, 0.3) is 0 Å². The van der Waals surface area contributed by atoms with E-state index in [1.807, 2.05) is 37.3 Å². The molecule has 39 heavy (non-hydrogen) atoms. The minimum atomic E-state index is -3.97. The number of hydrogen-bond donors (Lipinski definition) is 1. The number of anilines is 1. The number of sulfonamides is 1. The molecule has 0 unspecified atom stereocenters. The van der Waals surface area contributed by atoms with Crippen LogP contribution in [0.3, 0.4) is 0 Å². The summed E-state index contributed by atoms with van der Waals surface area (Å²) in [5, 5.41) is 3.32. The third-order valence-corrected chi connectivity index (χ3v) is 7.68. The fraction of sp³-hybridized carbons (Fsp3) is 0.310. The van der Waals surface area contributed by atoms with Crippen LogP contribution in [0.1, 0.15) is 30.9 Å². The van der Waals surface area contributed by atoms with Gasteiger partial charge in [0.2, 0.25) is 21.8 Å². The molecule has 0 aliphatic heterocycles. The van der Waals surface area contributed by atoms with E-state index in [0.717, 1.165) is 35.0 Å². The van der Waals surface area contributed by atoms with Crippen LogP contribution in [0.4, 0.5) is 10.1 Å². The van der Waals surface area contributed by atoms with Crippen molar-refractivity contribution in [1.29, 1.82) is 0 Å². The summed E-state index contributed by atoms with van der Waals surface area (Å²) in [5.74, 6) is -1.63. The molecule has 0 saturated carbocycles. The lowest BCUT2D eigenvalue weighted by molar-refractivity contribution is -0.140.